The summed E-state index contributed by atoms with van der Waals surface area (Å²) in [5.41, 5.74) is 5.36. The largest absolute Gasteiger partial charge is 0.484 e. The first kappa shape index (κ1) is 24.8. The number of carbonyl (C=O) groups is 1. The summed E-state index contributed by atoms with van der Waals surface area (Å²) in [6, 6.07) is 18.3. The van der Waals surface area contributed by atoms with Crippen molar-refractivity contribution in [3.8, 4) is 16.9 Å². The average Bonchev–Trinajstić information content (AvgIpc) is 3.51. The molecule has 7 heteroatoms. The summed E-state index contributed by atoms with van der Waals surface area (Å²) in [4.78, 5) is 25.4. The van der Waals surface area contributed by atoms with E-state index in [1.807, 2.05) is 18.2 Å². The standard InChI is InChI=1S/C30H32N2O5/c1-30(2,3)22-11-8-19(9-12-22)20-10-14-25-21(16-20)17-27(29(33)34)31(25)23-13-15-28(26(18-23)32(35)36)37-24-6-4-5-7-24/h8-16,18,24,27H,4-7,17H2,1-3H3,(H,33,34). The second-order valence-corrected chi connectivity index (χ2v) is 11.0. The van der Waals surface area contributed by atoms with Gasteiger partial charge in [-0.05, 0) is 77.6 Å². The molecule has 0 bridgehead atoms. The van der Waals surface area contributed by atoms with Gasteiger partial charge in [0.05, 0.1) is 11.0 Å². The number of nitro groups is 1. The van der Waals surface area contributed by atoms with Gasteiger partial charge in [-0.25, -0.2) is 4.79 Å². The first-order chi connectivity index (χ1) is 17.6. The van der Waals surface area contributed by atoms with E-state index in [2.05, 4.69) is 45.0 Å². The van der Waals surface area contributed by atoms with Crippen molar-refractivity contribution in [3.05, 3.63) is 81.9 Å². The molecule has 1 aliphatic carbocycles. The highest BCUT2D eigenvalue weighted by molar-refractivity contribution is 5.88. The van der Waals surface area contributed by atoms with Gasteiger partial charge in [-0.3, -0.25) is 10.1 Å². The van der Waals surface area contributed by atoms with Crippen molar-refractivity contribution in [2.45, 2.75) is 70.4 Å². The molecule has 1 heterocycles. The Labute approximate surface area is 216 Å². The van der Waals surface area contributed by atoms with Crippen molar-refractivity contribution < 1.29 is 19.6 Å². The zero-order valence-corrected chi connectivity index (χ0v) is 21.4. The van der Waals surface area contributed by atoms with E-state index in [4.69, 9.17) is 4.74 Å². The topological polar surface area (TPSA) is 92.9 Å². The summed E-state index contributed by atoms with van der Waals surface area (Å²) in [5, 5.41) is 21.9. The molecule has 1 unspecified atom stereocenters. The van der Waals surface area contributed by atoms with Crippen LogP contribution in [0.3, 0.4) is 0 Å². The van der Waals surface area contributed by atoms with Gasteiger partial charge >= 0.3 is 11.7 Å². The molecule has 1 fully saturated rings. The molecule has 3 aromatic rings. The van der Waals surface area contributed by atoms with Gasteiger partial charge in [0.2, 0.25) is 0 Å². The molecule has 0 saturated heterocycles. The molecule has 192 valence electrons. The van der Waals surface area contributed by atoms with Crippen LogP contribution < -0.4 is 9.64 Å². The van der Waals surface area contributed by atoms with Crippen molar-refractivity contribution in [3.63, 3.8) is 0 Å². The van der Waals surface area contributed by atoms with Gasteiger partial charge in [-0.15, -0.1) is 0 Å². The predicted molar refractivity (Wildman–Crippen MR) is 144 cm³/mol. The molecule has 5 rings (SSSR count). The molecule has 7 nitrogen and oxygen atoms in total. The van der Waals surface area contributed by atoms with E-state index in [9.17, 15) is 20.0 Å². The van der Waals surface area contributed by atoms with Crippen LogP contribution in [0.2, 0.25) is 0 Å². The maximum atomic E-state index is 12.3. The average molecular weight is 501 g/mol. The number of nitrogens with zero attached hydrogens (tertiary/aromatic N) is 2. The van der Waals surface area contributed by atoms with Crippen LogP contribution >= 0.6 is 0 Å². The summed E-state index contributed by atoms with van der Waals surface area (Å²) in [7, 11) is 0. The normalized spacial score (nSPS) is 17.6. The van der Waals surface area contributed by atoms with Crippen molar-refractivity contribution in [2.75, 3.05) is 4.90 Å². The van der Waals surface area contributed by atoms with Crippen LogP contribution in [0.4, 0.5) is 17.1 Å². The van der Waals surface area contributed by atoms with Gasteiger partial charge in [0.15, 0.2) is 5.75 Å². The third-order valence-electron chi connectivity index (χ3n) is 7.45. The fourth-order valence-electron chi connectivity index (χ4n) is 5.39. The minimum Gasteiger partial charge on any atom is -0.484 e. The van der Waals surface area contributed by atoms with Crippen LogP contribution in [0.1, 0.15) is 57.6 Å². The third kappa shape index (κ3) is 4.90. The highest BCUT2D eigenvalue weighted by atomic mass is 16.6. The van der Waals surface area contributed by atoms with Crippen LogP contribution in [0.5, 0.6) is 5.75 Å². The van der Waals surface area contributed by atoms with Gasteiger partial charge in [-0.2, -0.15) is 0 Å². The highest BCUT2D eigenvalue weighted by Gasteiger charge is 2.37. The van der Waals surface area contributed by atoms with Gasteiger partial charge in [0.25, 0.3) is 0 Å². The lowest BCUT2D eigenvalue weighted by atomic mass is 9.86. The monoisotopic (exact) mass is 500 g/mol. The van der Waals surface area contributed by atoms with Crippen LogP contribution in [-0.2, 0) is 16.6 Å². The first-order valence-electron chi connectivity index (χ1n) is 12.8. The molecule has 2 aliphatic rings. The molecular formula is C30H32N2O5. The molecule has 1 N–H and O–H groups in total. The number of fused-ring (bicyclic) bond motifs is 1. The number of nitro benzene ring substituents is 1. The Bertz CT molecular complexity index is 1340. The smallest absolute Gasteiger partial charge is 0.327 e. The summed E-state index contributed by atoms with van der Waals surface area (Å²) in [6.45, 7) is 6.53. The minimum absolute atomic E-state index is 0.0142. The molecule has 1 atom stereocenters. The molecule has 0 aromatic heterocycles. The van der Waals surface area contributed by atoms with Gasteiger partial charge in [-0.1, -0.05) is 51.1 Å². The lowest BCUT2D eigenvalue weighted by Gasteiger charge is -2.25. The van der Waals surface area contributed by atoms with Crippen molar-refractivity contribution in [2.24, 2.45) is 0 Å². The zero-order valence-electron chi connectivity index (χ0n) is 21.4. The summed E-state index contributed by atoms with van der Waals surface area (Å²) >= 11 is 0. The molecule has 0 amide bonds. The molecule has 1 aliphatic heterocycles. The maximum absolute atomic E-state index is 12.3. The predicted octanol–water partition coefficient (Wildman–Crippen LogP) is 7.03. The number of anilines is 2. The zero-order chi connectivity index (χ0) is 26.3. The Morgan fingerprint density at radius 3 is 2.30 bits per heavy atom. The maximum Gasteiger partial charge on any atom is 0.327 e. The van der Waals surface area contributed by atoms with Crippen LogP contribution in [0.15, 0.2) is 60.7 Å². The SMILES string of the molecule is CC(C)(C)c1ccc(-c2ccc3c(c2)CC(C(=O)O)N3c2ccc(OC3CCCC3)c([N+](=O)[O-])c2)cc1. The molecule has 3 aromatic carbocycles. The number of carboxylic acids is 1. The van der Waals surface area contributed by atoms with E-state index < -0.39 is 16.9 Å². The van der Waals surface area contributed by atoms with Gasteiger partial charge in [0, 0.05) is 23.9 Å². The van der Waals surface area contributed by atoms with Crippen LogP contribution in [0, 0.1) is 10.1 Å². The fraction of sp³-hybridized carbons (Fsp3) is 0.367. The van der Waals surface area contributed by atoms with E-state index in [1.165, 1.54) is 11.6 Å². The number of benzene rings is 3. The number of carboxylic acid groups (broad SMARTS) is 1. The Balaban J connectivity index is 1.49. The fourth-order valence-corrected chi connectivity index (χ4v) is 5.39. The quantitative estimate of drug-likeness (QED) is 0.289. The van der Waals surface area contributed by atoms with Crippen LogP contribution in [0.25, 0.3) is 11.1 Å². The summed E-state index contributed by atoms with van der Waals surface area (Å²) in [6.07, 6.45) is 4.20. The Morgan fingerprint density at radius 1 is 1.00 bits per heavy atom. The van der Waals surface area contributed by atoms with Crippen molar-refractivity contribution in [1.29, 1.82) is 0 Å². The van der Waals surface area contributed by atoms with E-state index in [1.54, 1.807) is 17.0 Å². The Kier molecular flexibility index (Phi) is 6.40. The molecule has 0 spiro atoms. The molecule has 0 radical (unpaired) electrons. The minimum atomic E-state index is -0.971. The van der Waals surface area contributed by atoms with E-state index in [0.29, 0.717) is 12.1 Å². The second kappa shape index (κ2) is 9.54. The number of aliphatic carboxylic acids is 1. The van der Waals surface area contributed by atoms with Crippen molar-refractivity contribution >= 4 is 23.0 Å². The van der Waals surface area contributed by atoms with Gasteiger partial charge < -0.3 is 14.7 Å². The van der Waals surface area contributed by atoms with E-state index in [-0.39, 0.29) is 23.0 Å². The second-order valence-electron chi connectivity index (χ2n) is 11.0. The number of hydrogen-bond acceptors (Lipinski definition) is 5. The Morgan fingerprint density at radius 2 is 1.68 bits per heavy atom. The molecular weight excluding hydrogens is 468 g/mol. The lowest BCUT2D eigenvalue weighted by molar-refractivity contribution is -0.386. The third-order valence-corrected chi connectivity index (χ3v) is 7.45. The van der Waals surface area contributed by atoms with Crippen LogP contribution in [-0.4, -0.2) is 28.1 Å². The summed E-state index contributed by atoms with van der Waals surface area (Å²) < 4.78 is 5.95. The molecule has 1 saturated carbocycles. The molecule has 37 heavy (non-hydrogen) atoms. The van der Waals surface area contributed by atoms with Crippen molar-refractivity contribution in [1.82, 2.24) is 0 Å². The van der Waals surface area contributed by atoms with E-state index >= 15 is 0 Å². The number of rotatable bonds is 6. The van der Waals surface area contributed by atoms with E-state index in [0.717, 1.165) is 48.1 Å². The number of hydrogen-bond donors (Lipinski definition) is 1. The lowest BCUT2D eigenvalue weighted by Crippen LogP contribution is -2.35. The summed E-state index contributed by atoms with van der Waals surface area (Å²) in [5.74, 6) is -0.734. The number of ether oxygens (including phenoxy) is 1. The Hall–Kier alpha value is -3.87. The van der Waals surface area contributed by atoms with Gasteiger partial charge in [0.1, 0.15) is 6.04 Å². The first-order valence-corrected chi connectivity index (χ1v) is 12.8. The highest BCUT2D eigenvalue weighted by Crippen LogP contribution is 2.43.